The third kappa shape index (κ3) is 9.65. The molecule has 0 bridgehead atoms. The van der Waals surface area contributed by atoms with Crippen LogP contribution in [0.4, 0.5) is 17.6 Å². The first-order valence-corrected chi connectivity index (χ1v) is 14.8. The number of aryl methyl sites for hydroxylation is 1. The van der Waals surface area contributed by atoms with Gasteiger partial charge in [0.15, 0.2) is 5.82 Å². The van der Waals surface area contributed by atoms with Crippen LogP contribution in [0.3, 0.4) is 0 Å². The molecule has 0 spiro atoms. The Bertz CT molecular complexity index is 1790. The number of nitriles is 2. The molecule has 6 nitrogen and oxygen atoms in total. The van der Waals surface area contributed by atoms with Crippen LogP contribution >= 0.6 is 11.6 Å². The summed E-state index contributed by atoms with van der Waals surface area (Å²) in [7, 11) is 0. The molecule has 2 unspecified atom stereocenters. The average Bonchev–Trinajstić information content (AvgIpc) is 3.09. The van der Waals surface area contributed by atoms with E-state index in [4.69, 9.17) is 22.1 Å². The first kappa shape index (κ1) is 36.8. The Morgan fingerprint density at radius 3 is 1.48 bits per heavy atom. The zero-order valence-electron chi connectivity index (χ0n) is 26.0. The van der Waals surface area contributed by atoms with Crippen molar-refractivity contribution in [1.29, 1.82) is 10.5 Å². The van der Waals surface area contributed by atoms with E-state index in [9.17, 15) is 27.2 Å². The van der Waals surface area contributed by atoms with E-state index in [1.807, 2.05) is 60.7 Å². The number of nitrogens with one attached hydrogen (secondary N) is 2. The normalized spacial score (nSPS) is 12.4. The zero-order chi connectivity index (χ0) is 35.4. The highest BCUT2D eigenvalue weighted by atomic mass is 35.5. The van der Waals surface area contributed by atoms with Crippen LogP contribution in [-0.4, -0.2) is 11.8 Å². The summed E-state index contributed by atoms with van der Waals surface area (Å²) in [4.78, 5) is 24.4. The molecule has 0 fully saturated rings. The number of halogens is 5. The van der Waals surface area contributed by atoms with Crippen LogP contribution in [0.2, 0.25) is 5.02 Å². The summed E-state index contributed by atoms with van der Waals surface area (Å²) in [5.74, 6) is -4.95. The number of hydrogen-bond acceptors (Lipinski definition) is 4. The summed E-state index contributed by atoms with van der Waals surface area (Å²) in [6, 6.07) is 25.3. The average molecular weight is 673 g/mol. The maximum atomic E-state index is 14.0. The van der Waals surface area contributed by atoms with Crippen LogP contribution < -0.4 is 10.6 Å². The second kappa shape index (κ2) is 17.3. The number of carbonyl (C=O) groups excluding carboxylic acids is 2. The maximum Gasteiger partial charge on any atom is 0.262 e. The van der Waals surface area contributed by atoms with E-state index in [0.717, 1.165) is 41.5 Å². The summed E-state index contributed by atoms with van der Waals surface area (Å²) in [5, 5.41) is 23.3. The molecule has 4 rings (SSSR count). The van der Waals surface area contributed by atoms with Gasteiger partial charge < -0.3 is 10.6 Å². The van der Waals surface area contributed by atoms with E-state index < -0.39 is 51.8 Å². The number of hydrogen-bond donors (Lipinski definition) is 2. The van der Waals surface area contributed by atoms with Crippen molar-refractivity contribution in [3.05, 3.63) is 152 Å². The maximum absolute atomic E-state index is 14.0. The smallest absolute Gasteiger partial charge is 0.262 e. The topological polar surface area (TPSA) is 106 Å². The summed E-state index contributed by atoms with van der Waals surface area (Å²) < 4.78 is 55.4. The highest BCUT2D eigenvalue weighted by Crippen LogP contribution is 2.24. The molecule has 0 aromatic heterocycles. The Morgan fingerprint density at radius 2 is 1.06 bits per heavy atom. The van der Waals surface area contributed by atoms with Gasteiger partial charge in [0.05, 0.1) is 17.1 Å². The lowest BCUT2D eigenvalue weighted by atomic mass is 10.1. The second-order valence-corrected chi connectivity index (χ2v) is 10.8. The summed E-state index contributed by atoms with van der Waals surface area (Å²) in [6.45, 7) is 4.98. The minimum absolute atomic E-state index is 0.234. The van der Waals surface area contributed by atoms with Gasteiger partial charge in [0.2, 0.25) is 0 Å². The van der Waals surface area contributed by atoms with Crippen LogP contribution in [0.15, 0.2) is 96.1 Å². The molecule has 244 valence electrons. The molecule has 0 aliphatic carbocycles. The minimum Gasteiger partial charge on any atom is -0.345 e. The molecule has 2 atom stereocenters. The third-order valence-corrected chi connectivity index (χ3v) is 7.29. The SMILES string of the molecule is CC(NC(=O)/C(C#N)=C/c1c(F)ccc(Cl)c1F)c1ccccc1.Cc1ccc(F)c(/C=C(\C#N)C(=O)NC(C)c2ccccc2)c1F. The predicted molar refractivity (Wildman–Crippen MR) is 176 cm³/mol. The van der Waals surface area contributed by atoms with Gasteiger partial charge in [0.1, 0.15) is 40.7 Å². The Morgan fingerprint density at radius 1 is 0.667 bits per heavy atom. The van der Waals surface area contributed by atoms with Gasteiger partial charge in [-0.15, -0.1) is 0 Å². The highest BCUT2D eigenvalue weighted by molar-refractivity contribution is 6.30. The van der Waals surface area contributed by atoms with Crippen molar-refractivity contribution in [2.24, 2.45) is 0 Å². The van der Waals surface area contributed by atoms with Crippen molar-refractivity contribution in [1.82, 2.24) is 10.6 Å². The third-order valence-electron chi connectivity index (χ3n) is 7.00. The Labute approximate surface area is 280 Å². The van der Waals surface area contributed by atoms with Crippen molar-refractivity contribution >= 4 is 35.6 Å². The van der Waals surface area contributed by atoms with Gasteiger partial charge in [0, 0.05) is 11.1 Å². The van der Waals surface area contributed by atoms with E-state index in [-0.39, 0.29) is 28.2 Å². The fourth-order valence-electron chi connectivity index (χ4n) is 4.27. The lowest BCUT2D eigenvalue weighted by Crippen LogP contribution is -2.27. The van der Waals surface area contributed by atoms with Crippen LogP contribution in [0.25, 0.3) is 12.2 Å². The van der Waals surface area contributed by atoms with E-state index >= 15 is 0 Å². The van der Waals surface area contributed by atoms with Crippen molar-refractivity contribution in [3.63, 3.8) is 0 Å². The van der Waals surface area contributed by atoms with Crippen molar-refractivity contribution in [2.75, 3.05) is 0 Å². The number of nitrogens with zero attached hydrogens (tertiary/aromatic N) is 2. The fourth-order valence-corrected chi connectivity index (χ4v) is 4.44. The van der Waals surface area contributed by atoms with Crippen molar-refractivity contribution in [2.45, 2.75) is 32.9 Å². The lowest BCUT2D eigenvalue weighted by molar-refractivity contribution is -0.118. The molecule has 0 heterocycles. The van der Waals surface area contributed by atoms with Gasteiger partial charge >= 0.3 is 0 Å². The van der Waals surface area contributed by atoms with Gasteiger partial charge in [-0.05, 0) is 67.8 Å². The second-order valence-electron chi connectivity index (χ2n) is 10.4. The molecule has 2 N–H and O–H groups in total. The molecule has 11 heteroatoms. The van der Waals surface area contributed by atoms with Gasteiger partial charge in [0.25, 0.3) is 11.8 Å². The van der Waals surface area contributed by atoms with Crippen LogP contribution in [0.5, 0.6) is 0 Å². The first-order valence-electron chi connectivity index (χ1n) is 14.4. The van der Waals surface area contributed by atoms with Gasteiger partial charge in [-0.1, -0.05) is 78.3 Å². The zero-order valence-corrected chi connectivity index (χ0v) is 26.7. The molecule has 0 radical (unpaired) electrons. The van der Waals surface area contributed by atoms with Crippen LogP contribution in [0, 0.1) is 52.9 Å². The number of rotatable bonds is 8. The Kier molecular flexibility index (Phi) is 13.2. The largest absolute Gasteiger partial charge is 0.345 e. The predicted octanol–water partition coefficient (Wildman–Crippen LogP) is 8.46. The van der Waals surface area contributed by atoms with E-state index in [1.54, 1.807) is 26.0 Å². The molecular weight excluding hydrogens is 644 g/mol. The molecule has 0 saturated carbocycles. The molecule has 2 amide bonds. The lowest BCUT2D eigenvalue weighted by Gasteiger charge is -2.14. The highest BCUT2D eigenvalue weighted by Gasteiger charge is 2.18. The van der Waals surface area contributed by atoms with Crippen LogP contribution in [-0.2, 0) is 9.59 Å². The molecule has 48 heavy (non-hydrogen) atoms. The van der Waals surface area contributed by atoms with E-state index in [1.165, 1.54) is 13.0 Å². The van der Waals surface area contributed by atoms with Gasteiger partial charge in [-0.3, -0.25) is 9.59 Å². The van der Waals surface area contributed by atoms with Gasteiger partial charge in [-0.25, -0.2) is 17.6 Å². The van der Waals surface area contributed by atoms with Crippen molar-refractivity contribution in [3.8, 4) is 12.1 Å². The summed E-state index contributed by atoms with van der Waals surface area (Å²) >= 11 is 5.60. The Balaban J connectivity index is 0.000000260. The molecule has 4 aromatic rings. The number of amides is 2. The van der Waals surface area contributed by atoms with Crippen LogP contribution in [0.1, 0.15) is 53.7 Å². The fraction of sp³-hybridized carbons (Fsp3) is 0.135. The van der Waals surface area contributed by atoms with E-state index in [0.29, 0.717) is 0 Å². The molecule has 4 aromatic carbocycles. The number of benzene rings is 4. The van der Waals surface area contributed by atoms with Gasteiger partial charge in [-0.2, -0.15) is 10.5 Å². The molecule has 0 aliphatic rings. The Hall–Kier alpha value is -5.71. The molecule has 0 aliphatic heterocycles. The summed E-state index contributed by atoms with van der Waals surface area (Å²) in [5.41, 5.74) is 0.229. The number of carbonyl (C=O) groups is 2. The first-order chi connectivity index (χ1) is 22.9. The van der Waals surface area contributed by atoms with Crippen molar-refractivity contribution < 1.29 is 27.2 Å². The summed E-state index contributed by atoms with van der Waals surface area (Å²) in [6.07, 6.45) is 1.79. The molecular formula is C37H29ClF4N4O2. The molecule has 0 saturated heterocycles. The minimum atomic E-state index is -1.02. The quantitative estimate of drug-likeness (QED) is 0.0848. The van der Waals surface area contributed by atoms with E-state index in [2.05, 4.69) is 10.6 Å². The standard InChI is InChI=1S/C19H16F2N2O.C18H13ClF2N2O/c1-12-8-9-17(20)16(18(12)21)10-15(11-22)19(24)23-13(2)14-6-4-3-5-7-14;1-11(12-5-3-2-4-6-12)23-18(24)13(10-22)9-14-16(20)8-7-15(19)17(14)21/h3-10,13H,1-2H3,(H,23,24);2-9,11H,1H3,(H,23,24)/b15-10+;13-9+. The monoisotopic (exact) mass is 672 g/mol.